The number of rotatable bonds is 13. The van der Waals surface area contributed by atoms with Gasteiger partial charge in [0.25, 0.3) is 5.91 Å². The molecule has 0 spiro atoms. The molecule has 41 heavy (non-hydrogen) atoms. The van der Waals surface area contributed by atoms with E-state index in [-0.39, 0.29) is 30.8 Å². The number of amides is 3. The Bertz CT molecular complexity index is 1260. The molecule has 0 aliphatic heterocycles. The minimum atomic E-state index is -0.995. The van der Waals surface area contributed by atoms with Crippen LogP contribution in [0, 0.1) is 11.8 Å². The van der Waals surface area contributed by atoms with Crippen LogP contribution in [-0.2, 0) is 27.4 Å². The maximum atomic E-state index is 13.6. The summed E-state index contributed by atoms with van der Waals surface area (Å²) in [7, 11) is 0. The second-order valence-electron chi connectivity index (χ2n) is 10.8. The van der Waals surface area contributed by atoms with Gasteiger partial charge in [-0.1, -0.05) is 88.4 Å². The van der Waals surface area contributed by atoms with Gasteiger partial charge in [0.15, 0.2) is 0 Å². The normalized spacial score (nSPS) is 13.2. The van der Waals surface area contributed by atoms with E-state index in [0.717, 1.165) is 11.1 Å². The van der Waals surface area contributed by atoms with Gasteiger partial charge >= 0.3 is 6.09 Å². The van der Waals surface area contributed by atoms with Crippen LogP contribution in [0.4, 0.5) is 4.79 Å². The molecule has 3 rings (SSSR count). The van der Waals surface area contributed by atoms with Gasteiger partial charge in [0.1, 0.15) is 24.7 Å². The maximum absolute atomic E-state index is 13.6. The molecule has 0 radical (unpaired) electrons. The first-order valence-corrected chi connectivity index (χ1v) is 13.9. The second-order valence-corrected chi connectivity index (χ2v) is 10.8. The SMILES string of the molecule is CC(C)C[C@H](NC(=O)[C@H](Cc1ccccc1)NC(=O)OCc1ccccc1)C(=O)N[C@H](C(=O)n1cccc1)C(C)C. The lowest BCUT2D eigenvalue weighted by Gasteiger charge is -2.27. The Morgan fingerprint density at radius 3 is 1.83 bits per heavy atom. The molecule has 9 nitrogen and oxygen atoms in total. The average molecular weight is 561 g/mol. The highest BCUT2D eigenvalue weighted by molar-refractivity contribution is 5.94. The third-order valence-corrected chi connectivity index (χ3v) is 6.53. The van der Waals surface area contributed by atoms with E-state index in [9.17, 15) is 19.2 Å². The van der Waals surface area contributed by atoms with Crippen molar-refractivity contribution < 1.29 is 23.9 Å². The third kappa shape index (κ3) is 9.94. The van der Waals surface area contributed by atoms with E-state index in [0.29, 0.717) is 6.42 Å². The summed E-state index contributed by atoms with van der Waals surface area (Å²) >= 11 is 0. The van der Waals surface area contributed by atoms with Crippen molar-refractivity contribution in [3.05, 3.63) is 96.3 Å². The van der Waals surface area contributed by atoms with E-state index in [1.165, 1.54) is 4.57 Å². The summed E-state index contributed by atoms with van der Waals surface area (Å²) in [5.74, 6) is -1.37. The quantitative estimate of drug-likeness (QED) is 0.288. The zero-order valence-corrected chi connectivity index (χ0v) is 24.1. The number of benzene rings is 2. The Balaban J connectivity index is 1.74. The molecule has 0 saturated carbocycles. The minimum Gasteiger partial charge on any atom is -0.445 e. The van der Waals surface area contributed by atoms with Gasteiger partial charge in [-0.05, 0) is 41.5 Å². The van der Waals surface area contributed by atoms with Crippen molar-refractivity contribution in [2.75, 3.05) is 0 Å². The van der Waals surface area contributed by atoms with E-state index in [1.807, 2.05) is 88.4 Å². The van der Waals surface area contributed by atoms with Crippen LogP contribution in [0.2, 0.25) is 0 Å². The fourth-order valence-corrected chi connectivity index (χ4v) is 4.35. The average Bonchev–Trinajstić information content (AvgIpc) is 3.49. The van der Waals surface area contributed by atoms with Crippen LogP contribution < -0.4 is 16.0 Å². The molecule has 218 valence electrons. The summed E-state index contributed by atoms with van der Waals surface area (Å²) in [6, 6.07) is 19.3. The Hall–Kier alpha value is -4.40. The first-order valence-electron chi connectivity index (χ1n) is 13.9. The molecule has 9 heteroatoms. The number of hydrogen-bond donors (Lipinski definition) is 3. The van der Waals surface area contributed by atoms with E-state index >= 15 is 0 Å². The molecular weight excluding hydrogens is 520 g/mol. The lowest BCUT2D eigenvalue weighted by Crippen LogP contribution is -2.57. The van der Waals surface area contributed by atoms with Crippen molar-refractivity contribution in [3.8, 4) is 0 Å². The summed E-state index contributed by atoms with van der Waals surface area (Å²) in [5, 5.41) is 8.34. The molecule has 0 aliphatic carbocycles. The van der Waals surface area contributed by atoms with Crippen LogP contribution in [0.3, 0.4) is 0 Å². The van der Waals surface area contributed by atoms with Crippen molar-refractivity contribution in [3.63, 3.8) is 0 Å². The Morgan fingerprint density at radius 2 is 1.27 bits per heavy atom. The molecule has 0 saturated heterocycles. The minimum absolute atomic E-state index is 0.0523. The maximum Gasteiger partial charge on any atom is 0.408 e. The monoisotopic (exact) mass is 560 g/mol. The van der Waals surface area contributed by atoms with E-state index in [1.54, 1.807) is 24.5 Å². The number of hydrogen-bond acceptors (Lipinski definition) is 5. The van der Waals surface area contributed by atoms with Gasteiger partial charge in [0.2, 0.25) is 11.8 Å². The van der Waals surface area contributed by atoms with Crippen molar-refractivity contribution in [1.82, 2.24) is 20.5 Å². The zero-order chi connectivity index (χ0) is 29.8. The van der Waals surface area contributed by atoms with Crippen LogP contribution in [0.5, 0.6) is 0 Å². The lowest BCUT2D eigenvalue weighted by molar-refractivity contribution is -0.130. The summed E-state index contributed by atoms with van der Waals surface area (Å²) in [6.07, 6.45) is 3.06. The fourth-order valence-electron chi connectivity index (χ4n) is 4.35. The second kappa shape index (κ2) is 15.4. The number of nitrogens with one attached hydrogen (secondary N) is 3. The Kier molecular flexibility index (Phi) is 11.7. The topological polar surface area (TPSA) is 119 Å². The van der Waals surface area contributed by atoms with Gasteiger partial charge in [-0.15, -0.1) is 0 Å². The zero-order valence-electron chi connectivity index (χ0n) is 24.1. The van der Waals surface area contributed by atoms with Crippen LogP contribution in [0.15, 0.2) is 85.2 Å². The molecular formula is C32H40N4O5. The molecule has 3 aromatic rings. The van der Waals surface area contributed by atoms with Crippen molar-refractivity contribution >= 4 is 23.8 Å². The number of ether oxygens (including phenoxy) is 1. The largest absolute Gasteiger partial charge is 0.445 e. The number of nitrogens with zero attached hydrogens (tertiary/aromatic N) is 1. The first-order chi connectivity index (χ1) is 19.6. The Labute approximate surface area is 241 Å². The fraction of sp³-hybridized carbons (Fsp3) is 0.375. The molecule has 3 amide bonds. The molecule has 0 fully saturated rings. The van der Waals surface area contributed by atoms with Gasteiger partial charge < -0.3 is 20.7 Å². The van der Waals surface area contributed by atoms with Gasteiger partial charge in [0, 0.05) is 18.8 Å². The molecule has 1 heterocycles. The van der Waals surface area contributed by atoms with Crippen molar-refractivity contribution in [1.29, 1.82) is 0 Å². The number of carbonyl (C=O) groups is 4. The van der Waals surface area contributed by atoms with E-state index in [2.05, 4.69) is 16.0 Å². The highest BCUT2D eigenvalue weighted by Gasteiger charge is 2.32. The van der Waals surface area contributed by atoms with Crippen LogP contribution in [0.1, 0.15) is 50.0 Å². The first kappa shape index (κ1) is 31.1. The summed E-state index contributed by atoms with van der Waals surface area (Å²) < 4.78 is 6.79. The number of carbonyl (C=O) groups excluding carboxylic acids is 4. The standard InChI is InChI=1S/C32H40N4O5/c1-22(2)19-26(30(38)35-28(23(3)4)31(39)36-17-11-12-18-36)33-29(37)27(20-24-13-7-5-8-14-24)34-32(40)41-21-25-15-9-6-10-16-25/h5-18,22-23,26-28H,19-21H2,1-4H3,(H,33,37)(H,34,40)(H,35,38)/t26-,27-,28-/m0/s1. The van der Waals surface area contributed by atoms with Gasteiger partial charge in [-0.25, -0.2) is 4.79 Å². The third-order valence-electron chi connectivity index (χ3n) is 6.53. The molecule has 0 aliphatic rings. The highest BCUT2D eigenvalue weighted by atomic mass is 16.5. The van der Waals surface area contributed by atoms with Crippen LogP contribution in [0.25, 0.3) is 0 Å². The van der Waals surface area contributed by atoms with Gasteiger partial charge in [0.05, 0.1) is 0 Å². The molecule has 3 atom stereocenters. The summed E-state index contributed by atoms with van der Waals surface area (Å²) in [4.78, 5) is 52.8. The molecule has 0 unspecified atom stereocenters. The van der Waals surface area contributed by atoms with Gasteiger partial charge in [-0.3, -0.25) is 19.0 Å². The molecule has 3 N–H and O–H groups in total. The van der Waals surface area contributed by atoms with E-state index < -0.39 is 36.0 Å². The molecule has 0 bridgehead atoms. The molecule has 1 aromatic heterocycles. The highest BCUT2D eigenvalue weighted by Crippen LogP contribution is 2.11. The lowest BCUT2D eigenvalue weighted by atomic mass is 9.99. The number of alkyl carbamates (subject to hydrolysis) is 1. The van der Waals surface area contributed by atoms with Crippen LogP contribution in [-0.4, -0.2) is 46.5 Å². The number of aromatic nitrogens is 1. The predicted molar refractivity (Wildman–Crippen MR) is 157 cm³/mol. The predicted octanol–water partition coefficient (Wildman–Crippen LogP) is 4.34. The van der Waals surface area contributed by atoms with Gasteiger partial charge in [-0.2, -0.15) is 0 Å². The summed E-state index contributed by atoms with van der Waals surface area (Å²) in [5.41, 5.74) is 1.65. The smallest absolute Gasteiger partial charge is 0.408 e. The van der Waals surface area contributed by atoms with Crippen molar-refractivity contribution in [2.24, 2.45) is 11.8 Å². The van der Waals surface area contributed by atoms with Crippen LogP contribution >= 0.6 is 0 Å². The van der Waals surface area contributed by atoms with E-state index in [4.69, 9.17) is 4.74 Å². The molecule has 2 aromatic carbocycles. The van der Waals surface area contributed by atoms with Crippen molar-refractivity contribution in [2.45, 2.75) is 65.3 Å². The Morgan fingerprint density at radius 1 is 0.707 bits per heavy atom. The summed E-state index contributed by atoms with van der Waals surface area (Å²) in [6.45, 7) is 7.64.